The van der Waals surface area contributed by atoms with E-state index in [4.69, 9.17) is 13.3 Å². The summed E-state index contributed by atoms with van der Waals surface area (Å²) in [5.41, 5.74) is 2.43. The van der Waals surface area contributed by atoms with Crippen LogP contribution in [-0.2, 0) is 0 Å². The highest BCUT2D eigenvalue weighted by Gasteiger charge is 2.30. The molecule has 0 unspecified atom stereocenters. The lowest BCUT2D eigenvalue weighted by atomic mass is 9.44. The monoisotopic (exact) mass is 212 g/mol. The third-order valence-corrected chi connectivity index (χ3v) is 2.48. The molecule has 0 aliphatic carbocycles. The van der Waals surface area contributed by atoms with Crippen molar-refractivity contribution in [3.63, 3.8) is 0 Å². The molecule has 3 aromatic heterocycles. The van der Waals surface area contributed by atoms with Crippen molar-refractivity contribution < 1.29 is 13.3 Å². The van der Waals surface area contributed by atoms with Gasteiger partial charge in [0.1, 0.15) is 0 Å². The fourth-order valence-corrected chi connectivity index (χ4v) is 1.79. The fraction of sp³-hybridized carbons (Fsp3) is 0. The van der Waals surface area contributed by atoms with Crippen molar-refractivity contribution in [3.8, 4) is 0 Å². The van der Waals surface area contributed by atoms with Crippen LogP contribution in [0.15, 0.2) is 68.4 Å². The summed E-state index contributed by atoms with van der Waals surface area (Å²) in [6, 6.07) is 11.3. The number of rotatable bonds is 3. The quantitative estimate of drug-likeness (QED) is 0.607. The lowest BCUT2D eigenvalue weighted by Crippen LogP contribution is -2.50. The molecule has 0 bridgehead atoms. The number of furan rings is 3. The summed E-state index contributed by atoms with van der Waals surface area (Å²) in [6.45, 7) is -0.111. The first-order valence-corrected chi connectivity index (χ1v) is 5.05. The molecule has 0 atom stereocenters. The first kappa shape index (κ1) is 9.15. The van der Waals surface area contributed by atoms with Gasteiger partial charge in [-0.1, -0.05) is 0 Å². The molecule has 0 aliphatic rings. The van der Waals surface area contributed by atoms with Crippen LogP contribution in [0, 0.1) is 0 Å². The van der Waals surface area contributed by atoms with E-state index in [1.807, 2.05) is 36.4 Å². The summed E-state index contributed by atoms with van der Waals surface area (Å²) < 4.78 is 16.3. The highest BCUT2D eigenvalue weighted by atomic mass is 16.3. The minimum Gasteiger partial charge on any atom is -0.478 e. The van der Waals surface area contributed by atoms with Crippen LogP contribution in [0.25, 0.3) is 0 Å². The Labute approximate surface area is 92.8 Å². The molecule has 78 valence electrons. The summed E-state index contributed by atoms with van der Waals surface area (Å²) in [4.78, 5) is 0. The van der Waals surface area contributed by atoms with Gasteiger partial charge in [-0.15, -0.1) is 0 Å². The Balaban J connectivity index is 2.09. The minimum atomic E-state index is -0.111. The third kappa shape index (κ3) is 1.48. The molecule has 3 heterocycles. The normalized spacial score (nSPS) is 10.5. The lowest BCUT2D eigenvalue weighted by molar-refractivity contribution is 0.577. The predicted octanol–water partition coefficient (Wildman–Crippen LogP) is 0.982. The van der Waals surface area contributed by atoms with E-state index in [1.54, 1.807) is 18.8 Å². The van der Waals surface area contributed by atoms with Crippen molar-refractivity contribution in [3.05, 3.63) is 55.2 Å². The lowest BCUT2D eigenvalue weighted by Gasteiger charge is -2.04. The van der Waals surface area contributed by atoms with E-state index in [0.717, 1.165) is 17.0 Å². The van der Waals surface area contributed by atoms with Crippen LogP contribution in [0.4, 0.5) is 0 Å². The van der Waals surface area contributed by atoms with Crippen LogP contribution in [-0.4, -0.2) is 6.71 Å². The Morgan fingerprint density at radius 1 is 0.625 bits per heavy atom. The maximum atomic E-state index is 5.42. The summed E-state index contributed by atoms with van der Waals surface area (Å²) in [5.74, 6) is 0. The van der Waals surface area contributed by atoms with E-state index < -0.39 is 0 Å². The van der Waals surface area contributed by atoms with Gasteiger partial charge in [0.05, 0.1) is 35.8 Å². The van der Waals surface area contributed by atoms with Gasteiger partial charge in [-0.05, 0) is 36.4 Å². The molecule has 0 N–H and O–H groups in total. The molecule has 0 amide bonds. The standard InChI is InChI=1S/C12H9BO3/c1-4-10(14-7-1)13(11-5-2-8-15-11)12-6-3-9-16-12/h1-9H. The molecule has 3 aromatic rings. The highest BCUT2D eigenvalue weighted by Crippen LogP contribution is 1.96. The van der Waals surface area contributed by atoms with Gasteiger partial charge in [0.15, 0.2) is 0 Å². The number of hydrogen-bond acceptors (Lipinski definition) is 3. The first-order valence-electron chi connectivity index (χ1n) is 5.05. The average molecular weight is 212 g/mol. The second kappa shape index (κ2) is 3.81. The second-order valence-corrected chi connectivity index (χ2v) is 3.48. The molecule has 0 saturated carbocycles. The molecule has 0 saturated heterocycles. The van der Waals surface area contributed by atoms with Gasteiger partial charge >= 0.3 is 6.71 Å². The van der Waals surface area contributed by atoms with Crippen LogP contribution in [0.2, 0.25) is 0 Å². The second-order valence-electron chi connectivity index (χ2n) is 3.48. The molecule has 16 heavy (non-hydrogen) atoms. The Bertz CT molecular complexity index is 441. The van der Waals surface area contributed by atoms with Gasteiger partial charge in [0.2, 0.25) is 0 Å². The van der Waals surface area contributed by atoms with Crippen LogP contribution in [0.1, 0.15) is 0 Å². The maximum Gasteiger partial charge on any atom is 0.374 e. The SMILES string of the molecule is c1coc(B(c2ccco2)c2ccco2)c1. The van der Waals surface area contributed by atoms with Gasteiger partial charge in [0.25, 0.3) is 0 Å². The smallest absolute Gasteiger partial charge is 0.374 e. The average Bonchev–Trinajstić information content (AvgIpc) is 3.02. The summed E-state index contributed by atoms with van der Waals surface area (Å²) in [5, 5.41) is 0. The Morgan fingerprint density at radius 2 is 1.00 bits per heavy atom. The zero-order valence-electron chi connectivity index (χ0n) is 8.50. The highest BCUT2D eigenvalue weighted by molar-refractivity contribution is 6.93. The van der Waals surface area contributed by atoms with Gasteiger partial charge in [-0.3, -0.25) is 0 Å². The van der Waals surface area contributed by atoms with Crippen LogP contribution < -0.4 is 17.0 Å². The van der Waals surface area contributed by atoms with Gasteiger partial charge in [-0.2, -0.15) is 0 Å². The molecular formula is C12H9BO3. The largest absolute Gasteiger partial charge is 0.478 e. The van der Waals surface area contributed by atoms with E-state index >= 15 is 0 Å². The topological polar surface area (TPSA) is 39.4 Å². The van der Waals surface area contributed by atoms with Crippen molar-refractivity contribution in [2.24, 2.45) is 0 Å². The zero-order valence-corrected chi connectivity index (χ0v) is 8.50. The maximum absolute atomic E-state index is 5.42. The van der Waals surface area contributed by atoms with Crippen molar-refractivity contribution in [1.29, 1.82) is 0 Å². The molecule has 4 heteroatoms. The van der Waals surface area contributed by atoms with Crippen LogP contribution in [0.3, 0.4) is 0 Å². The molecule has 0 spiro atoms. The van der Waals surface area contributed by atoms with Crippen molar-refractivity contribution in [2.45, 2.75) is 0 Å². The molecule has 0 radical (unpaired) electrons. The van der Waals surface area contributed by atoms with Gasteiger partial charge in [-0.25, -0.2) is 0 Å². The van der Waals surface area contributed by atoms with Gasteiger partial charge in [0, 0.05) is 0 Å². The molecule has 3 nitrogen and oxygen atoms in total. The molecule has 0 aromatic carbocycles. The fourth-order valence-electron chi connectivity index (χ4n) is 1.79. The van der Waals surface area contributed by atoms with E-state index in [-0.39, 0.29) is 6.71 Å². The third-order valence-electron chi connectivity index (χ3n) is 2.48. The van der Waals surface area contributed by atoms with Crippen molar-refractivity contribution in [1.82, 2.24) is 0 Å². The van der Waals surface area contributed by atoms with Crippen molar-refractivity contribution >= 4 is 23.7 Å². The Morgan fingerprint density at radius 3 is 1.25 bits per heavy atom. The van der Waals surface area contributed by atoms with E-state index in [9.17, 15) is 0 Å². The summed E-state index contributed by atoms with van der Waals surface area (Å²) in [7, 11) is 0. The molecule has 0 aliphatic heterocycles. The minimum absolute atomic E-state index is 0.111. The van der Waals surface area contributed by atoms with Crippen LogP contribution >= 0.6 is 0 Å². The zero-order chi connectivity index (χ0) is 10.8. The van der Waals surface area contributed by atoms with Crippen molar-refractivity contribution in [2.75, 3.05) is 0 Å². The van der Waals surface area contributed by atoms with E-state index in [0.29, 0.717) is 0 Å². The van der Waals surface area contributed by atoms with E-state index in [2.05, 4.69) is 0 Å². The molecule has 0 fully saturated rings. The summed E-state index contributed by atoms with van der Waals surface area (Å²) in [6.07, 6.45) is 4.94. The van der Waals surface area contributed by atoms with Gasteiger partial charge < -0.3 is 13.3 Å². The summed E-state index contributed by atoms with van der Waals surface area (Å²) >= 11 is 0. The van der Waals surface area contributed by atoms with Crippen LogP contribution in [0.5, 0.6) is 0 Å². The molecular weight excluding hydrogens is 203 g/mol. The number of hydrogen-bond donors (Lipinski definition) is 0. The van der Waals surface area contributed by atoms with E-state index in [1.165, 1.54) is 0 Å². The molecule has 3 rings (SSSR count). The first-order chi connectivity index (χ1) is 7.95. The Kier molecular flexibility index (Phi) is 2.18. The Hall–Kier alpha value is -2.10. The predicted molar refractivity (Wildman–Crippen MR) is 60.8 cm³/mol.